The third-order valence-corrected chi connectivity index (χ3v) is 5.87. The summed E-state index contributed by atoms with van der Waals surface area (Å²) in [6.45, 7) is 2.41. The van der Waals surface area contributed by atoms with E-state index in [-0.39, 0.29) is 17.2 Å². The zero-order valence-corrected chi connectivity index (χ0v) is 17.4. The third-order valence-electron chi connectivity index (χ3n) is 4.06. The lowest BCUT2D eigenvalue weighted by molar-refractivity contribution is -0.116. The molecule has 1 amide bonds. The molecule has 0 spiro atoms. The number of methoxy groups -OCH3 is 1. The van der Waals surface area contributed by atoms with Crippen molar-refractivity contribution in [1.29, 1.82) is 0 Å². The van der Waals surface area contributed by atoms with E-state index in [2.05, 4.69) is 5.32 Å². The minimum Gasteiger partial charge on any atom is -0.495 e. The number of rotatable bonds is 9. The highest BCUT2D eigenvalue weighted by molar-refractivity contribution is 7.89. The third kappa shape index (κ3) is 5.71. The van der Waals surface area contributed by atoms with Crippen LogP contribution in [0.2, 0.25) is 0 Å². The first-order valence-corrected chi connectivity index (χ1v) is 10.3. The summed E-state index contributed by atoms with van der Waals surface area (Å²) in [5.41, 5.74) is 1.47. The second-order valence-corrected chi connectivity index (χ2v) is 8.61. The molecule has 152 valence electrons. The van der Waals surface area contributed by atoms with Gasteiger partial charge in [-0.05, 0) is 43.7 Å². The summed E-state index contributed by atoms with van der Waals surface area (Å²) < 4.78 is 36.5. The van der Waals surface area contributed by atoms with Gasteiger partial charge in [-0.15, -0.1) is 0 Å². The number of anilines is 1. The molecule has 0 atom stereocenters. The standard InChI is InChI=1S/C20H26N2O5S/c1-15-7-9-16(10-8-15)27-13-5-6-20(23)21-18-14-17(11-12-19(18)26-4)28(24,25)22(2)3/h7-12,14H,5-6,13H2,1-4H3,(H,21,23). The molecule has 0 heterocycles. The molecule has 0 bridgehead atoms. The number of hydrogen-bond donors (Lipinski definition) is 1. The van der Waals surface area contributed by atoms with Crippen LogP contribution in [0.1, 0.15) is 18.4 Å². The maximum Gasteiger partial charge on any atom is 0.242 e. The van der Waals surface area contributed by atoms with Crippen molar-refractivity contribution in [3.8, 4) is 11.5 Å². The summed E-state index contributed by atoms with van der Waals surface area (Å²) in [6.07, 6.45) is 0.761. The molecule has 0 aliphatic carbocycles. The van der Waals surface area contributed by atoms with Crippen LogP contribution in [0.5, 0.6) is 11.5 Å². The van der Waals surface area contributed by atoms with Crippen LogP contribution in [-0.4, -0.2) is 46.4 Å². The molecule has 8 heteroatoms. The smallest absolute Gasteiger partial charge is 0.242 e. The lowest BCUT2D eigenvalue weighted by Gasteiger charge is -2.15. The lowest BCUT2D eigenvalue weighted by atomic mass is 10.2. The normalized spacial score (nSPS) is 11.3. The predicted molar refractivity (Wildman–Crippen MR) is 108 cm³/mol. The van der Waals surface area contributed by atoms with Crippen molar-refractivity contribution in [2.75, 3.05) is 33.1 Å². The zero-order chi connectivity index (χ0) is 20.7. The average molecular weight is 407 g/mol. The number of hydrogen-bond acceptors (Lipinski definition) is 5. The molecular formula is C20H26N2O5S. The van der Waals surface area contributed by atoms with Gasteiger partial charge in [-0.3, -0.25) is 4.79 Å². The molecule has 2 aromatic carbocycles. The van der Waals surface area contributed by atoms with Crippen LogP contribution in [0.15, 0.2) is 47.4 Å². The molecule has 0 radical (unpaired) electrons. The Morgan fingerprint density at radius 2 is 1.79 bits per heavy atom. The zero-order valence-electron chi connectivity index (χ0n) is 16.6. The Kier molecular flexibility index (Phi) is 7.42. The highest BCUT2D eigenvalue weighted by Gasteiger charge is 2.19. The fraction of sp³-hybridized carbons (Fsp3) is 0.350. The SMILES string of the molecule is COc1ccc(S(=O)(=O)N(C)C)cc1NC(=O)CCCOc1ccc(C)cc1. The molecule has 28 heavy (non-hydrogen) atoms. The quantitative estimate of drug-likeness (QED) is 0.647. The van der Waals surface area contributed by atoms with Crippen molar-refractivity contribution in [2.45, 2.75) is 24.7 Å². The van der Waals surface area contributed by atoms with Gasteiger partial charge in [-0.1, -0.05) is 17.7 Å². The molecular weight excluding hydrogens is 380 g/mol. The van der Waals surface area contributed by atoms with Crippen molar-refractivity contribution < 1.29 is 22.7 Å². The van der Waals surface area contributed by atoms with Crippen LogP contribution in [0, 0.1) is 6.92 Å². The van der Waals surface area contributed by atoms with Gasteiger partial charge >= 0.3 is 0 Å². The summed E-state index contributed by atoms with van der Waals surface area (Å²) in [7, 11) is 0.751. The number of ether oxygens (including phenoxy) is 2. The van der Waals surface area contributed by atoms with Gasteiger partial charge in [-0.25, -0.2) is 12.7 Å². The van der Waals surface area contributed by atoms with Gasteiger partial charge in [0.1, 0.15) is 11.5 Å². The summed E-state index contributed by atoms with van der Waals surface area (Å²) in [4.78, 5) is 12.3. The van der Waals surface area contributed by atoms with Gasteiger partial charge in [0.25, 0.3) is 0 Å². The fourth-order valence-electron chi connectivity index (χ4n) is 2.43. The Hall–Kier alpha value is -2.58. The number of carbonyl (C=O) groups is 1. The van der Waals surface area contributed by atoms with E-state index in [0.717, 1.165) is 15.6 Å². The molecule has 0 aliphatic rings. The van der Waals surface area contributed by atoms with E-state index >= 15 is 0 Å². The average Bonchev–Trinajstić information content (AvgIpc) is 2.66. The van der Waals surface area contributed by atoms with Gasteiger partial charge in [0.05, 0.1) is 24.3 Å². The van der Waals surface area contributed by atoms with Crippen LogP contribution in [0.3, 0.4) is 0 Å². The van der Waals surface area contributed by atoms with E-state index in [0.29, 0.717) is 24.5 Å². The van der Waals surface area contributed by atoms with Crippen LogP contribution >= 0.6 is 0 Å². The predicted octanol–water partition coefficient (Wildman–Crippen LogP) is 3.05. The van der Waals surface area contributed by atoms with E-state index in [4.69, 9.17) is 9.47 Å². The number of aryl methyl sites for hydroxylation is 1. The molecule has 1 N–H and O–H groups in total. The highest BCUT2D eigenvalue weighted by atomic mass is 32.2. The molecule has 0 saturated heterocycles. The van der Waals surface area contributed by atoms with Gasteiger partial charge < -0.3 is 14.8 Å². The number of nitrogens with zero attached hydrogens (tertiary/aromatic N) is 1. The minimum atomic E-state index is -3.61. The van der Waals surface area contributed by atoms with E-state index in [9.17, 15) is 13.2 Å². The second kappa shape index (κ2) is 9.57. The van der Waals surface area contributed by atoms with E-state index in [1.54, 1.807) is 0 Å². The first kappa shape index (κ1) is 21.7. The maximum absolute atomic E-state index is 12.3. The van der Waals surface area contributed by atoms with Gasteiger partial charge in [0.2, 0.25) is 15.9 Å². The number of sulfonamides is 1. The van der Waals surface area contributed by atoms with Crippen molar-refractivity contribution in [1.82, 2.24) is 4.31 Å². The van der Waals surface area contributed by atoms with Gasteiger partial charge in [-0.2, -0.15) is 0 Å². The number of benzene rings is 2. The van der Waals surface area contributed by atoms with Crippen LogP contribution in [0.25, 0.3) is 0 Å². The molecule has 0 aromatic heterocycles. The Morgan fingerprint density at radius 1 is 1.11 bits per heavy atom. The van der Waals surface area contributed by atoms with Crippen molar-refractivity contribution in [3.05, 3.63) is 48.0 Å². The number of amides is 1. The van der Waals surface area contributed by atoms with Crippen molar-refractivity contribution >= 4 is 21.6 Å². The van der Waals surface area contributed by atoms with Crippen LogP contribution in [0.4, 0.5) is 5.69 Å². The molecule has 0 saturated carbocycles. The van der Waals surface area contributed by atoms with Crippen molar-refractivity contribution in [3.63, 3.8) is 0 Å². The molecule has 0 fully saturated rings. The van der Waals surface area contributed by atoms with Crippen LogP contribution < -0.4 is 14.8 Å². The number of carbonyl (C=O) groups excluding carboxylic acids is 1. The summed E-state index contributed by atoms with van der Waals surface area (Å²) in [5, 5.41) is 2.72. The largest absolute Gasteiger partial charge is 0.495 e. The second-order valence-electron chi connectivity index (χ2n) is 6.46. The first-order valence-electron chi connectivity index (χ1n) is 8.84. The lowest BCUT2D eigenvalue weighted by Crippen LogP contribution is -2.22. The number of nitrogens with one attached hydrogen (secondary N) is 1. The topological polar surface area (TPSA) is 84.9 Å². The Morgan fingerprint density at radius 3 is 2.39 bits per heavy atom. The van der Waals surface area contributed by atoms with E-state index in [1.165, 1.54) is 39.4 Å². The molecule has 2 aromatic rings. The molecule has 7 nitrogen and oxygen atoms in total. The van der Waals surface area contributed by atoms with E-state index in [1.807, 2.05) is 31.2 Å². The fourth-order valence-corrected chi connectivity index (χ4v) is 3.35. The minimum absolute atomic E-state index is 0.0799. The summed E-state index contributed by atoms with van der Waals surface area (Å²) >= 11 is 0. The molecule has 2 rings (SSSR count). The van der Waals surface area contributed by atoms with Gasteiger partial charge in [0.15, 0.2) is 0 Å². The monoisotopic (exact) mass is 406 g/mol. The summed E-state index contributed by atoms with van der Waals surface area (Å²) in [5.74, 6) is 0.904. The Bertz CT molecular complexity index is 909. The Balaban J connectivity index is 1.95. The van der Waals surface area contributed by atoms with Gasteiger partial charge in [0, 0.05) is 20.5 Å². The van der Waals surface area contributed by atoms with Crippen molar-refractivity contribution in [2.24, 2.45) is 0 Å². The Labute approximate surface area is 166 Å². The van der Waals surface area contributed by atoms with E-state index < -0.39 is 10.0 Å². The molecule has 0 aliphatic heterocycles. The highest BCUT2D eigenvalue weighted by Crippen LogP contribution is 2.28. The summed E-state index contributed by atoms with van der Waals surface area (Å²) in [6, 6.07) is 12.1. The molecule has 0 unspecified atom stereocenters. The van der Waals surface area contributed by atoms with Crippen LogP contribution in [-0.2, 0) is 14.8 Å². The maximum atomic E-state index is 12.3. The first-order chi connectivity index (χ1) is 13.2.